The van der Waals surface area contributed by atoms with E-state index >= 15 is 0 Å². The van der Waals surface area contributed by atoms with Crippen LogP contribution in [0.25, 0.3) is 10.2 Å². The molecule has 1 heterocycles. The molecule has 0 fully saturated rings. The second-order valence-electron chi connectivity index (χ2n) is 6.07. The number of amides is 1. The zero-order valence-corrected chi connectivity index (χ0v) is 17.6. The Balaban J connectivity index is 1.96. The first-order valence-electron chi connectivity index (χ1n) is 8.88. The van der Waals surface area contributed by atoms with E-state index in [4.69, 9.17) is 23.2 Å². The van der Waals surface area contributed by atoms with Crippen LogP contribution in [0, 0.1) is 0 Å². The SMILES string of the molecule is CCN(CC)CCN(C(=O)c1ccc(Cl)cc1)c1nc2c(Cl)cccc2s1. The topological polar surface area (TPSA) is 36.4 Å². The number of halogens is 2. The Hall–Kier alpha value is -1.66. The Morgan fingerprint density at radius 1 is 1.04 bits per heavy atom. The summed E-state index contributed by atoms with van der Waals surface area (Å²) in [6.45, 7) is 7.44. The van der Waals surface area contributed by atoms with Crippen LogP contribution in [0.1, 0.15) is 24.2 Å². The Morgan fingerprint density at radius 3 is 2.37 bits per heavy atom. The molecule has 0 aliphatic carbocycles. The van der Waals surface area contributed by atoms with Crippen LogP contribution in [0.2, 0.25) is 10.0 Å². The molecule has 1 amide bonds. The number of carbonyl (C=O) groups excluding carboxylic acids is 1. The van der Waals surface area contributed by atoms with Crippen molar-refractivity contribution < 1.29 is 4.79 Å². The first-order valence-corrected chi connectivity index (χ1v) is 10.5. The highest BCUT2D eigenvalue weighted by molar-refractivity contribution is 7.22. The fraction of sp³-hybridized carbons (Fsp3) is 0.300. The van der Waals surface area contributed by atoms with Gasteiger partial charge in [-0.25, -0.2) is 4.98 Å². The number of fused-ring (bicyclic) bond motifs is 1. The fourth-order valence-electron chi connectivity index (χ4n) is 2.83. The van der Waals surface area contributed by atoms with Crippen LogP contribution in [-0.4, -0.2) is 42.0 Å². The monoisotopic (exact) mass is 421 g/mol. The lowest BCUT2D eigenvalue weighted by Gasteiger charge is -2.24. The van der Waals surface area contributed by atoms with Crippen molar-refractivity contribution >= 4 is 55.8 Å². The van der Waals surface area contributed by atoms with E-state index in [-0.39, 0.29) is 5.91 Å². The lowest BCUT2D eigenvalue weighted by atomic mass is 10.2. The average molecular weight is 422 g/mol. The molecule has 3 rings (SSSR count). The van der Waals surface area contributed by atoms with Crippen LogP contribution < -0.4 is 4.90 Å². The van der Waals surface area contributed by atoms with E-state index in [1.165, 1.54) is 11.3 Å². The molecule has 4 nitrogen and oxygen atoms in total. The average Bonchev–Trinajstić information content (AvgIpc) is 3.11. The maximum atomic E-state index is 13.2. The Labute approximate surface area is 173 Å². The van der Waals surface area contributed by atoms with Crippen molar-refractivity contribution in [2.75, 3.05) is 31.1 Å². The molecule has 0 saturated heterocycles. The van der Waals surface area contributed by atoms with Crippen LogP contribution in [0.3, 0.4) is 0 Å². The molecule has 0 atom stereocenters. The van der Waals surface area contributed by atoms with E-state index in [0.717, 1.165) is 29.9 Å². The van der Waals surface area contributed by atoms with Gasteiger partial charge in [0.2, 0.25) is 0 Å². The lowest BCUT2D eigenvalue weighted by Crippen LogP contribution is -2.38. The predicted molar refractivity (Wildman–Crippen MR) is 116 cm³/mol. The van der Waals surface area contributed by atoms with Gasteiger partial charge in [0.25, 0.3) is 5.91 Å². The molecule has 0 saturated carbocycles. The smallest absolute Gasteiger partial charge is 0.260 e. The van der Waals surface area contributed by atoms with Crippen molar-refractivity contribution in [2.45, 2.75) is 13.8 Å². The van der Waals surface area contributed by atoms with Crippen molar-refractivity contribution in [3.8, 4) is 0 Å². The van der Waals surface area contributed by atoms with Crippen LogP contribution >= 0.6 is 34.5 Å². The summed E-state index contributed by atoms with van der Waals surface area (Å²) >= 11 is 13.7. The van der Waals surface area contributed by atoms with Gasteiger partial charge in [0.1, 0.15) is 5.52 Å². The molecule has 0 aliphatic rings. The highest BCUT2D eigenvalue weighted by Gasteiger charge is 2.22. The summed E-state index contributed by atoms with van der Waals surface area (Å²) in [4.78, 5) is 21.9. The number of benzene rings is 2. The third kappa shape index (κ3) is 4.61. The molecular weight excluding hydrogens is 401 g/mol. The van der Waals surface area contributed by atoms with Gasteiger partial charge in [-0.1, -0.05) is 54.5 Å². The third-order valence-electron chi connectivity index (χ3n) is 4.46. The highest BCUT2D eigenvalue weighted by atomic mass is 35.5. The number of aromatic nitrogens is 1. The van der Waals surface area contributed by atoms with Gasteiger partial charge < -0.3 is 4.90 Å². The standard InChI is InChI=1S/C20H21Cl2N3OS/c1-3-24(4-2)12-13-25(19(26)14-8-10-15(21)11-9-14)20-23-18-16(22)6-5-7-17(18)27-20/h5-11H,3-4,12-13H2,1-2H3. The van der Waals surface area contributed by atoms with Crippen molar-refractivity contribution in [1.29, 1.82) is 0 Å². The van der Waals surface area contributed by atoms with Crippen LogP contribution in [0.5, 0.6) is 0 Å². The van der Waals surface area contributed by atoms with Gasteiger partial charge in [0.15, 0.2) is 5.13 Å². The van der Waals surface area contributed by atoms with Crippen molar-refractivity contribution in [2.24, 2.45) is 0 Å². The minimum absolute atomic E-state index is 0.0889. The fourth-order valence-corrected chi connectivity index (χ4v) is 4.25. The zero-order chi connectivity index (χ0) is 19.4. The summed E-state index contributed by atoms with van der Waals surface area (Å²) in [6, 6.07) is 12.6. The van der Waals surface area contributed by atoms with E-state index in [1.54, 1.807) is 29.2 Å². The van der Waals surface area contributed by atoms with Crippen molar-refractivity contribution in [3.05, 3.63) is 58.1 Å². The first-order chi connectivity index (χ1) is 13.0. The van der Waals surface area contributed by atoms with Gasteiger partial charge in [-0.15, -0.1) is 0 Å². The number of para-hydroxylation sites is 1. The normalized spacial score (nSPS) is 11.3. The molecule has 0 radical (unpaired) electrons. The molecule has 142 valence electrons. The maximum absolute atomic E-state index is 13.2. The lowest BCUT2D eigenvalue weighted by molar-refractivity contribution is 0.0984. The molecule has 0 unspecified atom stereocenters. The quantitative estimate of drug-likeness (QED) is 0.498. The minimum atomic E-state index is -0.0889. The molecule has 7 heteroatoms. The number of likely N-dealkylation sites (N-methyl/N-ethyl adjacent to an activating group) is 1. The Bertz CT molecular complexity index is 923. The number of carbonyl (C=O) groups is 1. The molecule has 2 aromatic carbocycles. The number of hydrogen-bond acceptors (Lipinski definition) is 4. The van der Waals surface area contributed by atoms with Gasteiger partial charge in [-0.3, -0.25) is 9.69 Å². The second-order valence-corrected chi connectivity index (χ2v) is 7.93. The number of thiazole rings is 1. The van der Waals surface area contributed by atoms with E-state index in [0.29, 0.717) is 27.3 Å². The summed E-state index contributed by atoms with van der Waals surface area (Å²) in [5, 5.41) is 1.86. The van der Waals surface area contributed by atoms with Crippen molar-refractivity contribution in [1.82, 2.24) is 9.88 Å². The molecule has 0 bridgehead atoms. The summed E-state index contributed by atoms with van der Waals surface area (Å²) in [6.07, 6.45) is 0. The van der Waals surface area contributed by atoms with Crippen LogP contribution in [0.15, 0.2) is 42.5 Å². The van der Waals surface area contributed by atoms with Crippen LogP contribution in [0.4, 0.5) is 5.13 Å². The predicted octanol–water partition coefficient (Wildman–Crippen LogP) is 5.59. The van der Waals surface area contributed by atoms with Crippen molar-refractivity contribution in [3.63, 3.8) is 0 Å². The van der Waals surface area contributed by atoms with Gasteiger partial charge >= 0.3 is 0 Å². The summed E-state index contributed by atoms with van der Waals surface area (Å²) < 4.78 is 0.967. The van der Waals surface area contributed by atoms with Gasteiger partial charge in [0, 0.05) is 23.7 Å². The Kier molecular flexibility index (Phi) is 6.71. The van der Waals surface area contributed by atoms with Gasteiger partial charge in [-0.05, 0) is 49.5 Å². The molecule has 1 aromatic heterocycles. The molecular formula is C20H21Cl2N3OS. The number of rotatable bonds is 7. The highest BCUT2D eigenvalue weighted by Crippen LogP contribution is 2.33. The van der Waals surface area contributed by atoms with Crippen LogP contribution in [-0.2, 0) is 0 Å². The van der Waals surface area contributed by atoms with E-state index < -0.39 is 0 Å². The number of nitrogens with zero attached hydrogens (tertiary/aromatic N) is 3. The van der Waals surface area contributed by atoms with E-state index in [2.05, 4.69) is 23.7 Å². The first kappa shape index (κ1) is 20.1. The minimum Gasteiger partial charge on any atom is -0.302 e. The number of anilines is 1. The second kappa shape index (κ2) is 9.02. The third-order valence-corrected chi connectivity index (χ3v) is 6.06. The Morgan fingerprint density at radius 2 is 1.74 bits per heavy atom. The number of hydrogen-bond donors (Lipinski definition) is 0. The molecule has 0 N–H and O–H groups in total. The van der Waals surface area contributed by atoms with E-state index in [1.807, 2.05) is 18.2 Å². The maximum Gasteiger partial charge on any atom is 0.260 e. The molecule has 0 spiro atoms. The molecule has 0 aliphatic heterocycles. The summed E-state index contributed by atoms with van der Waals surface area (Å²) in [5.74, 6) is -0.0889. The summed E-state index contributed by atoms with van der Waals surface area (Å²) in [5.41, 5.74) is 1.32. The molecule has 3 aromatic rings. The largest absolute Gasteiger partial charge is 0.302 e. The summed E-state index contributed by atoms with van der Waals surface area (Å²) in [7, 11) is 0. The van der Waals surface area contributed by atoms with E-state index in [9.17, 15) is 4.79 Å². The zero-order valence-electron chi connectivity index (χ0n) is 15.3. The van der Waals surface area contributed by atoms with Gasteiger partial charge in [0.05, 0.1) is 9.72 Å². The van der Waals surface area contributed by atoms with Gasteiger partial charge in [-0.2, -0.15) is 0 Å². The molecule has 27 heavy (non-hydrogen) atoms.